The van der Waals surface area contributed by atoms with Gasteiger partial charge in [0.1, 0.15) is 5.52 Å². The second kappa shape index (κ2) is 6.74. The highest BCUT2D eigenvalue weighted by atomic mass is 31.2. The van der Waals surface area contributed by atoms with E-state index in [-0.39, 0.29) is 0 Å². The lowest BCUT2D eigenvalue weighted by atomic mass is 9.87. The molecule has 3 heterocycles. The monoisotopic (exact) mass is 444 g/mol. The van der Waals surface area contributed by atoms with Crippen molar-refractivity contribution in [1.29, 1.82) is 0 Å². The fourth-order valence-electron chi connectivity index (χ4n) is 5.20. The molecular formula is C28H17N2O2P. The molecule has 0 saturated heterocycles. The van der Waals surface area contributed by atoms with Crippen LogP contribution in [0.4, 0.5) is 0 Å². The molecule has 0 N–H and O–H groups in total. The van der Waals surface area contributed by atoms with Crippen LogP contribution in [0.5, 0.6) is 0 Å². The maximum Gasteiger partial charge on any atom is 0.205 e. The van der Waals surface area contributed by atoms with Crippen molar-refractivity contribution in [3.05, 3.63) is 103 Å². The van der Waals surface area contributed by atoms with Crippen LogP contribution in [0.15, 0.2) is 108 Å². The first-order valence-corrected chi connectivity index (χ1v) is 12.5. The van der Waals surface area contributed by atoms with Gasteiger partial charge in [-0.05, 0) is 40.3 Å². The van der Waals surface area contributed by atoms with Gasteiger partial charge in [-0.25, -0.2) is 0 Å². The van der Waals surface area contributed by atoms with Crippen molar-refractivity contribution in [2.24, 2.45) is 0 Å². The number of hydrogen-bond acceptors (Lipinski definition) is 4. The van der Waals surface area contributed by atoms with Gasteiger partial charge in [-0.1, -0.05) is 72.8 Å². The second-order valence-electron chi connectivity index (χ2n) is 8.18. The van der Waals surface area contributed by atoms with Crippen molar-refractivity contribution in [3.8, 4) is 22.3 Å². The van der Waals surface area contributed by atoms with Crippen LogP contribution in [0.3, 0.4) is 0 Å². The Bertz CT molecular complexity index is 1650. The zero-order valence-corrected chi connectivity index (χ0v) is 18.4. The minimum atomic E-state index is -3.28. The van der Waals surface area contributed by atoms with Crippen molar-refractivity contribution < 1.29 is 8.98 Å². The lowest BCUT2D eigenvalue weighted by Crippen LogP contribution is -2.25. The van der Waals surface area contributed by atoms with E-state index in [1.165, 1.54) is 0 Å². The summed E-state index contributed by atoms with van der Waals surface area (Å²) in [5.74, 6) is 0. The molecule has 1 aliphatic heterocycles. The van der Waals surface area contributed by atoms with Crippen LogP contribution in [-0.2, 0) is 4.57 Å². The summed E-state index contributed by atoms with van der Waals surface area (Å²) in [6, 6.07) is 29.9. The minimum Gasteiger partial charge on any atom is -0.461 e. The summed E-state index contributed by atoms with van der Waals surface area (Å²) in [5, 5.41) is 13.4. The lowest BCUT2D eigenvalue weighted by molar-refractivity contribution is 0.568. The van der Waals surface area contributed by atoms with E-state index in [1.807, 2.05) is 60.7 Å². The molecule has 1 aliphatic rings. The Hall–Kier alpha value is -4.01. The Morgan fingerprint density at radius 1 is 0.636 bits per heavy atom. The molecular weight excluding hydrogens is 427 g/mol. The van der Waals surface area contributed by atoms with Crippen LogP contribution in [0.1, 0.15) is 0 Å². The van der Waals surface area contributed by atoms with Crippen molar-refractivity contribution in [2.75, 3.05) is 0 Å². The lowest BCUT2D eigenvalue weighted by Gasteiger charge is -2.19. The predicted molar refractivity (Wildman–Crippen MR) is 133 cm³/mol. The fourth-order valence-corrected chi connectivity index (χ4v) is 8.09. The Balaban J connectivity index is 1.81. The Morgan fingerprint density at radius 3 is 1.97 bits per heavy atom. The van der Waals surface area contributed by atoms with Crippen LogP contribution >= 0.6 is 7.14 Å². The molecule has 0 saturated carbocycles. The first-order valence-electron chi connectivity index (χ1n) is 10.8. The number of benzene rings is 4. The third kappa shape index (κ3) is 2.39. The van der Waals surface area contributed by atoms with E-state index in [0.29, 0.717) is 5.50 Å². The van der Waals surface area contributed by atoms with E-state index < -0.39 is 7.14 Å². The molecule has 7 rings (SSSR count). The first-order chi connectivity index (χ1) is 16.3. The minimum absolute atomic E-state index is 0.489. The second-order valence-corrected chi connectivity index (χ2v) is 10.8. The highest BCUT2D eigenvalue weighted by Crippen LogP contribution is 2.54. The number of nitrogens with zero attached hydrogens (tertiary/aromatic N) is 2. The zero-order valence-electron chi connectivity index (χ0n) is 17.5. The average Bonchev–Trinajstić information content (AvgIpc) is 3.40. The summed E-state index contributed by atoms with van der Waals surface area (Å²) in [6.45, 7) is 0. The molecule has 0 fully saturated rings. The molecule has 0 aliphatic carbocycles. The summed E-state index contributed by atoms with van der Waals surface area (Å²) in [4.78, 5) is 0. The highest BCUT2D eigenvalue weighted by Gasteiger charge is 2.40. The zero-order chi connectivity index (χ0) is 22.0. The van der Waals surface area contributed by atoms with Crippen LogP contribution in [0.2, 0.25) is 0 Å². The normalized spacial score (nSPS) is 16.7. The van der Waals surface area contributed by atoms with E-state index in [1.54, 1.807) is 18.5 Å². The molecule has 5 heteroatoms. The molecule has 0 bridgehead atoms. The van der Waals surface area contributed by atoms with Gasteiger partial charge in [-0.2, -0.15) is 5.10 Å². The standard InChI is InChI=1S/C28H17N2O2P/c31-33(25-14-7-17-32-25)23-12-5-3-10-20(23)26-18-8-1-2-9-19(18)28-22(15-16-29-30-28)27(26)21-11-4-6-13-24(21)33/h1-17H. The van der Waals surface area contributed by atoms with Gasteiger partial charge in [0.2, 0.25) is 7.14 Å². The van der Waals surface area contributed by atoms with E-state index >= 15 is 4.57 Å². The van der Waals surface area contributed by atoms with Crippen molar-refractivity contribution in [2.45, 2.75) is 0 Å². The van der Waals surface area contributed by atoms with Crippen LogP contribution in [0, 0.1) is 0 Å². The average molecular weight is 444 g/mol. The van der Waals surface area contributed by atoms with Crippen molar-refractivity contribution in [1.82, 2.24) is 10.2 Å². The number of hydrogen-bond donors (Lipinski definition) is 0. The largest absolute Gasteiger partial charge is 0.461 e. The maximum absolute atomic E-state index is 15.2. The molecule has 0 radical (unpaired) electrons. The maximum atomic E-state index is 15.2. The molecule has 1 atom stereocenters. The third-order valence-corrected chi connectivity index (χ3v) is 9.55. The molecule has 4 nitrogen and oxygen atoms in total. The van der Waals surface area contributed by atoms with Gasteiger partial charge in [0.05, 0.1) is 12.5 Å². The van der Waals surface area contributed by atoms with Gasteiger partial charge in [0.15, 0.2) is 5.50 Å². The van der Waals surface area contributed by atoms with E-state index in [2.05, 4.69) is 34.5 Å². The van der Waals surface area contributed by atoms with Crippen molar-refractivity contribution >= 4 is 44.9 Å². The topological polar surface area (TPSA) is 56.0 Å². The number of rotatable bonds is 1. The van der Waals surface area contributed by atoms with Crippen LogP contribution in [-0.4, -0.2) is 10.2 Å². The molecule has 156 valence electrons. The van der Waals surface area contributed by atoms with Gasteiger partial charge < -0.3 is 8.98 Å². The highest BCUT2D eigenvalue weighted by molar-refractivity contribution is 7.85. The van der Waals surface area contributed by atoms with E-state index in [9.17, 15) is 0 Å². The third-order valence-electron chi connectivity index (χ3n) is 6.53. The molecule has 0 spiro atoms. The molecule has 33 heavy (non-hydrogen) atoms. The molecule has 0 amide bonds. The van der Waals surface area contributed by atoms with E-state index in [0.717, 1.165) is 54.5 Å². The molecule has 2 aromatic heterocycles. The SMILES string of the molecule is O=P1(c2ccco2)c2ccccc2-c2c(c3ccnnc3c3ccccc23)-c2ccccc21. The summed E-state index contributed by atoms with van der Waals surface area (Å²) in [5.41, 5.74) is 5.33. The van der Waals surface area contributed by atoms with Crippen LogP contribution in [0.25, 0.3) is 43.9 Å². The molecule has 4 aromatic carbocycles. The van der Waals surface area contributed by atoms with Gasteiger partial charge in [-0.3, -0.25) is 0 Å². The van der Waals surface area contributed by atoms with Gasteiger partial charge in [-0.15, -0.1) is 5.10 Å². The summed E-state index contributed by atoms with van der Waals surface area (Å²) < 4.78 is 21.0. The quantitative estimate of drug-likeness (QED) is 0.242. The number of fused-ring (bicyclic) bond motifs is 10. The number of furan rings is 1. The summed E-state index contributed by atoms with van der Waals surface area (Å²) in [7, 11) is -3.28. The predicted octanol–water partition coefficient (Wildman–Crippen LogP) is 5.66. The smallest absolute Gasteiger partial charge is 0.205 e. The molecule has 6 aromatic rings. The summed E-state index contributed by atoms with van der Waals surface area (Å²) >= 11 is 0. The van der Waals surface area contributed by atoms with E-state index in [4.69, 9.17) is 4.42 Å². The van der Waals surface area contributed by atoms with Gasteiger partial charge in [0.25, 0.3) is 0 Å². The fraction of sp³-hybridized carbons (Fsp3) is 0. The van der Waals surface area contributed by atoms with Gasteiger partial charge in [0, 0.05) is 26.9 Å². The molecule has 1 unspecified atom stereocenters. The summed E-state index contributed by atoms with van der Waals surface area (Å²) in [6.07, 6.45) is 3.32. The van der Waals surface area contributed by atoms with Crippen molar-refractivity contribution in [3.63, 3.8) is 0 Å². The van der Waals surface area contributed by atoms with Gasteiger partial charge >= 0.3 is 0 Å². The Kier molecular flexibility index (Phi) is 3.79. The Morgan fingerprint density at radius 2 is 1.27 bits per heavy atom. The number of aromatic nitrogens is 2. The van der Waals surface area contributed by atoms with Crippen LogP contribution < -0.4 is 16.1 Å². The Labute approximate surface area is 189 Å². The first kappa shape index (κ1) is 18.6.